The largest absolute Gasteiger partial charge is 0.431 e. The Morgan fingerprint density at radius 1 is 1.19 bits per heavy atom. The lowest BCUT2D eigenvalue weighted by atomic mass is 10.1. The van der Waals surface area contributed by atoms with Gasteiger partial charge in [0.25, 0.3) is 5.56 Å². The molecule has 7 heteroatoms. The molecule has 0 atom stereocenters. The van der Waals surface area contributed by atoms with E-state index in [9.17, 15) is 22.4 Å². The summed E-state index contributed by atoms with van der Waals surface area (Å²) in [6, 6.07) is 7.65. The van der Waals surface area contributed by atoms with Gasteiger partial charge in [0.05, 0.1) is 18.2 Å². The van der Waals surface area contributed by atoms with Crippen LogP contribution in [0, 0.1) is 17.1 Å². The van der Waals surface area contributed by atoms with Gasteiger partial charge >= 0.3 is 6.18 Å². The Bertz CT molecular complexity index is 772. The highest BCUT2D eigenvalue weighted by Crippen LogP contribution is 2.28. The maximum atomic E-state index is 13.3. The molecule has 0 radical (unpaired) electrons. The molecule has 0 spiro atoms. The molecule has 0 fully saturated rings. The Morgan fingerprint density at radius 2 is 1.90 bits per heavy atom. The van der Waals surface area contributed by atoms with Gasteiger partial charge in [-0.2, -0.15) is 18.4 Å². The summed E-state index contributed by atoms with van der Waals surface area (Å²) in [5, 5.41) is 8.73. The summed E-state index contributed by atoms with van der Waals surface area (Å²) in [4.78, 5) is 11.6. The molecule has 21 heavy (non-hydrogen) atoms. The smallest absolute Gasteiger partial charge is 0.300 e. The SMILES string of the molecule is N#Cc1cc(F)cc(Cn2c(C(F)(F)F)cccc2=O)c1. The Morgan fingerprint density at radius 3 is 2.52 bits per heavy atom. The third-order valence-corrected chi connectivity index (χ3v) is 2.77. The van der Waals surface area contributed by atoms with Gasteiger partial charge in [0.15, 0.2) is 0 Å². The summed E-state index contributed by atoms with van der Waals surface area (Å²) in [6.07, 6.45) is -4.70. The van der Waals surface area contributed by atoms with Crippen LogP contribution >= 0.6 is 0 Å². The molecule has 0 saturated heterocycles. The van der Waals surface area contributed by atoms with Crippen LogP contribution in [0.1, 0.15) is 16.8 Å². The fraction of sp³-hybridized carbons (Fsp3) is 0.143. The quantitative estimate of drug-likeness (QED) is 0.800. The molecule has 1 heterocycles. The summed E-state index contributed by atoms with van der Waals surface area (Å²) in [5.74, 6) is -0.749. The minimum atomic E-state index is -4.70. The molecule has 0 N–H and O–H groups in total. The van der Waals surface area contributed by atoms with Crippen LogP contribution in [0.25, 0.3) is 0 Å². The van der Waals surface area contributed by atoms with E-state index in [0.29, 0.717) is 4.57 Å². The minimum absolute atomic E-state index is 0.0254. The third-order valence-electron chi connectivity index (χ3n) is 2.77. The highest BCUT2D eigenvalue weighted by Gasteiger charge is 2.34. The molecule has 0 aliphatic rings. The summed E-state index contributed by atoms with van der Waals surface area (Å²) in [6.45, 7) is -0.471. The van der Waals surface area contributed by atoms with E-state index in [2.05, 4.69) is 0 Å². The first-order valence-corrected chi connectivity index (χ1v) is 5.78. The number of nitrogens with zero attached hydrogens (tertiary/aromatic N) is 2. The van der Waals surface area contributed by atoms with Gasteiger partial charge in [-0.3, -0.25) is 9.36 Å². The van der Waals surface area contributed by atoms with Crippen LogP contribution in [0.3, 0.4) is 0 Å². The summed E-state index contributed by atoms with van der Waals surface area (Å²) < 4.78 is 52.4. The molecule has 2 aromatic rings. The van der Waals surface area contributed by atoms with Crippen molar-refractivity contribution >= 4 is 0 Å². The first-order valence-electron chi connectivity index (χ1n) is 5.78. The van der Waals surface area contributed by atoms with Crippen molar-refractivity contribution in [3.05, 3.63) is 69.4 Å². The fourth-order valence-electron chi connectivity index (χ4n) is 1.92. The van der Waals surface area contributed by atoms with E-state index in [4.69, 9.17) is 5.26 Å². The molecule has 0 unspecified atom stereocenters. The zero-order chi connectivity index (χ0) is 15.6. The van der Waals surface area contributed by atoms with Gasteiger partial charge < -0.3 is 0 Å². The first kappa shape index (κ1) is 14.8. The van der Waals surface area contributed by atoms with Crippen LogP contribution in [0.15, 0.2) is 41.2 Å². The van der Waals surface area contributed by atoms with Crippen LogP contribution in [0.2, 0.25) is 0 Å². The lowest BCUT2D eigenvalue weighted by molar-refractivity contribution is -0.144. The molecule has 1 aromatic carbocycles. The van der Waals surface area contributed by atoms with Crippen LogP contribution in [0.5, 0.6) is 0 Å². The van der Waals surface area contributed by atoms with E-state index in [1.807, 2.05) is 0 Å². The second-order valence-corrected chi connectivity index (χ2v) is 4.29. The lowest BCUT2D eigenvalue weighted by Gasteiger charge is -2.15. The van der Waals surface area contributed by atoms with Gasteiger partial charge in [0.2, 0.25) is 0 Å². The molecule has 0 aliphatic carbocycles. The average molecular weight is 296 g/mol. The van der Waals surface area contributed by atoms with Crippen molar-refractivity contribution in [2.45, 2.75) is 12.7 Å². The van der Waals surface area contributed by atoms with Crippen molar-refractivity contribution in [2.24, 2.45) is 0 Å². The average Bonchev–Trinajstić information content (AvgIpc) is 2.39. The number of halogens is 4. The summed E-state index contributed by atoms with van der Waals surface area (Å²) >= 11 is 0. The Hall–Kier alpha value is -2.62. The molecule has 3 nitrogen and oxygen atoms in total. The Labute approximate surface area is 116 Å². The second-order valence-electron chi connectivity index (χ2n) is 4.29. The Balaban J connectivity index is 2.53. The van der Waals surface area contributed by atoms with Crippen LogP contribution in [0.4, 0.5) is 17.6 Å². The standard InChI is InChI=1S/C14H8F4N2O/c15-11-5-9(7-19)4-10(6-11)8-20-12(14(16,17)18)2-1-3-13(20)21/h1-6H,8H2. The van der Waals surface area contributed by atoms with E-state index < -0.39 is 29.8 Å². The summed E-state index contributed by atoms with van der Waals surface area (Å²) in [5.41, 5.74) is -1.90. The third kappa shape index (κ3) is 3.28. The molecule has 0 amide bonds. The molecule has 1 aromatic heterocycles. The molecule has 2 rings (SSSR count). The van der Waals surface area contributed by atoms with Crippen molar-refractivity contribution in [1.29, 1.82) is 5.26 Å². The van der Waals surface area contributed by atoms with Gasteiger partial charge in [-0.25, -0.2) is 4.39 Å². The van der Waals surface area contributed by atoms with Gasteiger partial charge in [-0.1, -0.05) is 6.07 Å². The number of benzene rings is 1. The number of aromatic nitrogens is 1. The second kappa shape index (κ2) is 5.40. The van der Waals surface area contributed by atoms with Gasteiger partial charge in [0, 0.05) is 6.07 Å². The Kier molecular flexibility index (Phi) is 3.80. The van der Waals surface area contributed by atoms with Gasteiger partial charge in [-0.05, 0) is 29.8 Å². The van der Waals surface area contributed by atoms with Crippen molar-refractivity contribution in [3.63, 3.8) is 0 Å². The van der Waals surface area contributed by atoms with E-state index in [0.717, 1.165) is 30.3 Å². The number of nitriles is 1. The predicted octanol–water partition coefficient (Wildman–Crippen LogP) is 2.93. The van der Waals surface area contributed by atoms with Crippen LogP contribution in [-0.4, -0.2) is 4.57 Å². The highest BCUT2D eigenvalue weighted by atomic mass is 19.4. The molecular weight excluding hydrogens is 288 g/mol. The van der Waals surface area contributed by atoms with E-state index in [-0.39, 0.29) is 11.1 Å². The number of pyridine rings is 1. The highest BCUT2D eigenvalue weighted by molar-refractivity contribution is 5.34. The maximum Gasteiger partial charge on any atom is 0.431 e. The fourth-order valence-corrected chi connectivity index (χ4v) is 1.92. The van der Waals surface area contributed by atoms with E-state index >= 15 is 0 Å². The maximum absolute atomic E-state index is 13.3. The van der Waals surface area contributed by atoms with Crippen molar-refractivity contribution in [2.75, 3.05) is 0 Å². The van der Waals surface area contributed by atoms with Gasteiger partial charge in [-0.15, -0.1) is 0 Å². The lowest BCUT2D eigenvalue weighted by Crippen LogP contribution is -2.27. The van der Waals surface area contributed by atoms with Gasteiger partial charge in [0.1, 0.15) is 11.5 Å². The normalized spacial score (nSPS) is 11.2. The van der Waals surface area contributed by atoms with E-state index in [1.165, 1.54) is 6.07 Å². The number of rotatable bonds is 2. The number of hydrogen-bond acceptors (Lipinski definition) is 2. The molecule has 108 valence electrons. The topological polar surface area (TPSA) is 45.8 Å². The zero-order valence-electron chi connectivity index (χ0n) is 10.5. The predicted molar refractivity (Wildman–Crippen MR) is 65.9 cm³/mol. The van der Waals surface area contributed by atoms with Crippen LogP contribution < -0.4 is 5.56 Å². The molecular formula is C14H8F4N2O. The zero-order valence-corrected chi connectivity index (χ0v) is 10.5. The minimum Gasteiger partial charge on any atom is -0.300 e. The van der Waals surface area contributed by atoms with Crippen molar-refractivity contribution in [3.8, 4) is 6.07 Å². The van der Waals surface area contributed by atoms with Crippen molar-refractivity contribution in [1.82, 2.24) is 4.57 Å². The first-order chi connectivity index (χ1) is 9.81. The molecule has 0 saturated carbocycles. The molecule has 0 aliphatic heterocycles. The van der Waals surface area contributed by atoms with E-state index in [1.54, 1.807) is 6.07 Å². The van der Waals surface area contributed by atoms with Crippen LogP contribution in [-0.2, 0) is 12.7 Å². The monoisotopic (exact) mass is 296 g/mol. The molecule has 0 bridgehead atoms. The van der Waals surface area contributed by atoms with Crippen molar-refractivity contribution < 1.29 is 17.6 Å². The number of hydrogen-bond donors (Lipinski definition) is 0. The number of alkyl halides is 3. The summed E-state index contributed by atoms with van der Waals surface area (Å²) in [7, 11) is 0.